The zero-order valence-corrected chi connectivity index (χ0v) is 17.4. The molecule has 1 fully saturated rings. The summed E-state index contributed by atoms with van der Waals surface area (Å²) < 4.78 is 3.42. The van der Waals surface area contributed by atoms with Crippen LogP contribution in [0.4, 0.5) is 5.69 Å². The second kappa shape index (κ2) is 7.75. The van der Waals surface area contributed by atoms with Crippen LogP contribution in [-0.4, -0.2) is 27.2 Å². The molecule has 0 aliphatic carbocycles. The third-order valence-corrected chi connectivity index (χ3v) is 5.94. The van der Waals surface area contributed by atoms with Crippen molar-refractivity contribution in [2.75, 3.05) is 18.0 Å². The van der Waals surface area contributed by atoms with E-state index >= 15 is 0 Å². The lowest BCUT2D eigenvalue weighted by Gasteiger charge is -2.33. The van der Waals surface area contributed by atoms with Crippen molar-refractivity contribution < 1.29 is 0 Å². The van der Waals surface area contributed by atoms with Crippen molar-refractivity contribution in [2.24, 2.45) is 13.0 Å². The Labute approximate surface area is 171 Å². The number of imidazole rings is 1. The van der Waals surface area contributed by atoms with Crippen LogP contribution in [0.2, 0.25) is 0 Å². The molecular formula is C23H27N5O. The Morgan fingerprint density at radius 1 is 1.31 bits per heavy atom. The molecule has 29 heavy (non-hydrogen) atoms. The zero-order chi connectivity index (χ0) is 20.5. The largest absolute Gasteiger partial charge is 0.369 e. The lowest BCUT2D eigenvalue weighted by molar-refractivity contribution is 0.447. The summed E-state index contributed by atoms with van der Waals surface area (Å²) in [5.41, 5.74) is 5.03. The lowest BCUT2D eigenvalue weighted by Crippen LogP contribution is -2.35. The smallest absolute Gasteiger partial charge is 0.330 e. The molecule has 0 radical (unpaired) electrons. The third kappa shape index (κ3) is 3.42. The number of aromatic nitrogens is 3. The maximum atomic E-state index is 13.2. The zero-order valence-electron chi connectivity index (χ0n) is 17.4. The van der Waals surface area contributed by atoms with Crippen molar-refractivity contribution in [3.05, 3.63) is 57.6 Å². The number of piperidine rings is 1. The number of nitrogens with zero attached hydrogens (tertiary/aromatic N) is 5. The van der Waals surface area contributed by atoms with Crippen LogP contribution in [0.25, 0.3) is 11.2 Å². The van der Waals surface area contributed by atoms with Crippen LogP contribution in [0, 0.1) is 17.2 Å². The molecular weight excluding hydrogens is 362 g/mol. The van der Waals surface area contributed by atoms with Crippen LogP contribution in [0.5, 0.6) is 0 Å². The Morgan fingerprint density at radius 2 is 2.10 bits per heavy atom. The van der Waals surface area contributed by atoms with Gasteiger partial charge in [-0.1, -0.05) is 32.0 Å². The normalized spacial score (nSPS) is 16.9. The van der Waals surface area contributed by atoms with Crippen LogP contribution >= 0.6 is 0 Å². The van der Waals surface area contributed by atoms with Gasteiger partial charge in [0.2, 0.25) is 0 Å². The molecule has 3 aromatic rings. The number of benzene rings is 1. The predicted molar refractivity (Wildman–Crippen MR) is 115 cm³/mol. The van der Waals surface area contributed by atoms with E-state index in [1.807, 2.05) is 18.2 Å². The van der Waals surface area contributed by atoms with Gasteiger partial charge >= 0.3 is 5.69 Å². The van der Waals surface area contributed by atoms with Crippen LogP contribution in [-0.2, 0) is 20.0 Å². The van der Waals surface area contributed by atoms with Gasteiger partial charge in [-0.2, -0.15) is 5.26 Å². The van der Waals surface area contributed by atoms with Gasteiger partial charge in [0.05, 0.1) is 23.9 Å². The number of fused-ring (bicyclic) bond motifs is 1. The summed E-state index contributed by atoms with van der Waals surface area (Å²) in [5.74, 6) is 0.625. The maximum Gasteiger partial charge on any atom is 0.330 e. The molecule has 1 unspecified atom stereocenters. The van der Waals surface area contributed by atoms with E-state index in [9.17, 15) is 10.1 Å². The van der Waals surface area contributed by atoms with Crippen LogP contribution in [0.15, 0.2) is 35.1 Å². The Hall–Kier alpha value is -3.07. The first-order chi connectivity index (χ1) is 14.0. The summed E-state index contributed by atoms with van der Waals surface area (Å²) in [6, 6.07) is 11.9. The summed E-state index contributed by atoms with van der Waals surface area (Å²) >= 11 is 0. The van der Waals surface area contributed by atoms with Crippen molar-refractivity contribution in [2.45, 2.75) is 39.7 Å². The van der Waals surface area contributed by atoms with E-state index in [1.54, 1.807) is 22.2 Å². The number of pyridine rings is 1. The number of nitriles is 1. The minimum atomic E-state index is -0.0974. The number of aryl methyl sites for hydroxylation is 2. The fraction of sp³-hybridized carbons (Fsp3) is 0.435. The molecule has 1 aromatic carbocycles. The molecule has 0 bridgehead atoms. The molecule has 2 aromatic heterocycles. The molecule has 150 valence electrons. The average molecular weight is 390 g/mol. The number of rotatable bonds is 4. The summed E-state index contributed by atoms with van der Waals surface area (Å²) in [4.78, 5) is 20.4. The van der Waals surface area contributed by atoms with E-state index in [0.29, 0.717) is 18.0 Å². The van der Waals surface area contributed by atoms with Crippen molar-refractivity contribution in [1.29, 1.82) is 5.26 Å². The molecule has 1 saturated heterocycles. The molecule has 1 aliphatic rings. The van der Waals surface area contributed by atoms with Gasteiger partial charge < -0.3 is 4.90 Å². The molecule has 4 rings (SSSR count). The highest BCUT2D eigenvalue weighted by Crippen LogP contribution is 2.31. The highest BCUT2D eigenvalue weighted by molar-refractivity contribution is 5.87. The number of hydrogen-bond donors (Lipinski definition) is 0. The summed E-state index contributed by atoms with van der Waals surface area (Å²) in [7, 11) is 1.78. The minimum Gasteiger partial charge on any atom is -0.369 e. The topological polar surface area (TPSA) is 66.8 Å². The third-order valence-electron chi connectivity index (χ3n) is 5.94. The lowest BCUT2D eigenvalue weighted by atomic mass is 9.99. The first-order valence-corrected chi connectivity index (χ1v) is 10.4. The van der Waals surface area contributed by atoms with Gasteiger partial charge in [0, 0.05) is 25.8 Å². The van der Waals surface area contributed by atoms with E-state index in [1.165, 1.54) is 6.42 Å². The Kier molecular flexibility index (Phi) is 5.14. The monoisotopic (exact) mass is 389 g/mol. The van der Waals surface area contributed by atoms with Gasteiger partial charge in [-0.3, -0.25) is 9.13 Å². The van der Waals surface area contributed by atoms with Gasteiger partial charge in [-0.25, -0.2) is 9.78 Å². The van der Waals surface area contributed by atoms with E-state index in [2.05, 4.69) is 30.9 Å². The highest BCUT2D eigenvalue weighted by Gasteiger charge is 2.24. The molecule has 0 N–H and O–H groups in total. The van der Waals surface area contributed by atoms with Crippen molar-refractivity contribution in [3.63, 3.8) is 0 Å². The Bertz CT molecular complexity index is 1150. The van der Waals surface area contributed by atoms with E-state index in [-0.39, 0.29) is 5.69 Å². The van der Waals surface area contributed by atoms with Gasteiger partial charge in [-0.05, 0) is 42.9 Å². The van der Waals surface area contributed by atoms with Crippen LogP contribution < -0.4 is 10.6 Å². The quantitative estimate of drug-likeness (QED) is 0.685. The highest BCUT2D eigenvalue weighted by atomic mass is 16.1. The second-order valence-electron chi connectivity index (χ2n) is 8.05. The first kappa shape index (κ1) is 19.3. The van der Waals surface area contributed by atoms with E-state index in [4.69, 9.17) is 4.98 Å². The Balaban J connectivity index is 1.94. The maximum absolute atomic E-state index is 13.2. The first-order valence-electron chi connectivity index (χ1n) is 10.4. The van der Waals surface area contributed by atoms with E-state index in [0.717, 1.165) is 54.0 Å². The fourth-order valence-corrected chi connectivity index (χ4v) is 4.34. The Morgan fingerprint density at radius 3 is 2.83 bits per heavy atom. The molecule has 0 amide bonds. The molecule has 6 heteroatoms. The summed E-state index contributed by atoms with van der Waals surface area (Å²) in [5, 5.41) is 9.48. The standard InChI is InChI=1S/C23H27N5O/c1-4-19-12-20(27-11-7-8-16(2)14-27)21-22(25-19)26(3)23(29)28(21)15-18-10-6-5-9-17(18)13-24/h5-6,9-10,12,16H,4,7-8,11,14-15H2,1-3H3. The fourth-order valence-electron chi connectivity index (χ4n) is 4.34. The number of anilines is 1. The molecule has 6 nitrogen and oxygen atoms in total. The van der Waals surface area contributed by atoms with Crippen molar-refractivity contribution >= 4 is 16.9 Å². The van der Waals surface area contributed by atoms with Crippen molar-refractivity contribution in [1.82, 2.24) is 14.1 Å². The van der Waals surface area contributed by atoms with Gasteiger partial charge in [0.25, 0.3) is 0 Å². The molecule has 3 heterocycles. The SMILES string of the molecule is CCc1cc(N2CCCC(C)C2)c2c(n1)n(C)c(=O)n2Cc1ccccc1C#N. The van der Waals surface area contributed by atoms with Crippen LogP contribution in [0.3, 0.4) is 0 Å². The molecule has 1 aliphatic heterocycles. The minimum absolute atomic E-state index is 0.0974. The average Bonchev–Trinajstić information content (AvgIpc) is 2.98. The van der Waals surface area contributed by atoms with E-state index < -0.39 is 0 Å². The summed E-state index contributed by atoms with van der Waals surface area (Å²) in [6.07, 6.45) is 3.21. The predicted octanol–water partition coefficient (Wildman–Crippen LogP) is 3.45. The molecule has 0 spiro atoms. The van der Waals surface area contributed by atoms with Gasteiger partial charge in [0.1, 0.15) is 5.52 Å². The molecule has 0 saturated carbocycles. The number of hydrogen-bond acceptors (Lipinski definition) is 4. The summed E-state index contributed by atoms with van der Waals surface area (Å²) in [6.45, 7) is 6.72. The van der Waals surface area contributed by atoms with Gasteiger partial charge in [-0.15, -0.1) is 0 Å². The van der Waals surface area contributed by atoms with Gasteiger partial charge in [0.15, 0.2) is 5.65 Å². The second-order valence-corrected chi connectivity index (χ2v) is 8.05. The molecule has 1 atom stereocenters. The van der Waals surface area contributed by atoms with Crippen molar-refractivity contribution in [3.8, 4) is 6.07 Å². The van der Waals surface area contributed by atoms with Crippen LogP contribution in [0.1, 0.15) is 43.5 Å².